The first-order valence-electron chi connectivity index (χ1n) is 6.94. The van der Waals surface area contributed by atoms with Crippen LogP contribution in [-0.2, 0) is 0 Å². The molecule has 0 saturated heterocycles. The van der Waals surface area contributed by atoms with E-state index < -0.39 is 0 Å². The van der Waals surface area contributed by atoms with Gasteiger partial charge >= 0.3 is 0 Å². The lowest BCUT2D eigenvalue weighted by atomic mass is 9.85. The zero-order valence-electron chi connectivity index (χ0n) is 13.6. The van der Waals surface area contributed by atoms with Crippen LogP contribution in [0.25, 0.3) is 5.57 Å². The van der Waals surface area contributed by atoms with Crippen molar-refractivity contribution in [1.82, 2.24) is 0 Å². The molecule has 0 aliphatic carbocycles. The zero-order chi connectivity index (χ0) is 14.2. The quantitative estimate of drug-likeness (QED) is 0.728. The smallest absolute Gasteiger partial charge is 0.00740 e. The molecule has 0 unspecified atom stereocenters. The molecule has 0 heterocycles. The van der Waals surface area contributed by atoms with Crippen LogP contribution >= 0.6 is 0 Å². The Morgan fingerprint density at radius 3 is 1.39 bits per heavy atom. The summed E-state index contributed by atoms with van der Waals surface area (Å²) in [5.41, 5.74) is 12.1. The zero-order valence-corrected chi connectivity index (χ0v) is 17.6. The normalized spacial score (nSPS) is 14.8. The predicted octanol–water partition coefficient (Wildman–Crippen LogP) is 2.50. The van der Waals surface area contributed by atoms with E-state index in [0.717, 1.165) is 5.16 Å². The molecule has 0 N–H and O–H groups in total. The molecule has 0 bridgehead atoms. The molecular weight excluding hydrogens is 248 g/mol. The highest BCUT2D eigenvalue weighted by Crippen LogP contribution is 2.33. The van der Waals surface area contributed by atoms with Gasteiger partial charge in [0.1, 0.15) is 0 Å². The molecule has 0 amide bonds. The lowest BCUT2D eigenvalue weighted by Crippen LogP contribution is -2.04. The van der Waals surface area contributed by atoms with Crippen LogP contribution in [0.3, 0.4) is 0 Å². The second-order valence-electron chi connectivity index (χ2n) is 5.96. The van der Waals surface area contributed by atoms with Gasteiger partial charge in [-0.15, -0.1) is 0 Å². The topological polar surface area (TPSA) is 0 Å². The maximum Gasteiger partial charge on any atom is 0.00740 e. The van der Waals surface area contributed by atoms with E-state index in [4.69, 9.17) is 0 Å². The molecule has 0 aromatic heterocycles. The summed E-state index contributed by atoms with van der Waals surface area (Å²) in [5.74, 6) is 0. The monoisotopic (exact) mass is 276 g/mol. The number of hydrogen-bond acceptors (Lipinski definition) is 0. The van der Waals surface area contributed by atoms with Gasteiger partial charge in [0, 0.05) is 20.5 Å². The summed E-state index contributed by atoms with van der Waals surface area (Å²) < 4.78 is 0. The van der Waals surface area contributed by atoms with Crippen molar-refractivity contribution in [2.75, 3.05) is 0 Å². The van der Waals surface area contributed by atoms with Gasteiger partial charge < -0.3 is 0 Å². The molecule has 1 rings (SSSR count). The fourth-order valence-corrected chi connectivity index (χ4v) is 3.56. The molecule has 1 aromatic carbocycles. The Balaban J connectivity index is 3.67. The maximum absolute atomic E-state index is 2.34. The second kappa shape index (κ2) is 5.58. The summed E-state index contributed by atoms with van der Waals surface area (Å²) in [5, 5.41) is 0.894. The second-order valence-corrected chi connectivity index (χ2v) is 11.7. The molecule has 18 heavy (non-hydrogen) atoms. The van der Waals surface area contributed by atoms with Gasteiger partial charge in [0.15, 0.2) is 0 Å². The van der Waals surface area contributed by atoms with E-state index in [-0.39, 0.29) is 0 Å². The van der Waals surface area contributed by atoms with Crippen LogP contribution in [0.2, 0.25) is 5.16 Å². The number of allylic oxidation sites excluding steroid dienone is 2. The van der Waals surface area contributed by atoms with Gasteiger partial charge in [0.25, 0.3) is 0 Å². The summed E-state index contributed by atoms with van der Waals surface area (Å²) in [7, 11) is 2.59. The fraction of sp³-hybridized carbons (Fsp3) is 0.500. The van der Waals surface area contributed by atoms with Crippen molar-refractivity contribution < 1.29 is 0 Å². The largest absolute Gasteiger partial charge is 0.0737 e. The van der Waals surface area contributed by atoms with Crippen LogP contribution in [0, 0.1) is 34.6 Å². The van der Waals surface area contributed by atoms with Gasteiger partial charge in [0.2, 0.25) is 0 Å². The standard InChI is InChI=1S/C16H28Si2/c1-8-9(2)11(4)15(12(5)10(8)3)13(6)14(7)16(17)18/h16H,1-7,17-18H3. The van der Waals surface area contributed by atoms with Crippen molar-refractivity contribution in [2.45, 2.75) is 53.6 Å². The van der Waals surface area contributed by atoms with E-state index in [9.17, 15) is 0 Å². The molecule has 0 aliphatic heterocycles. The number of hydrogen-bond donors (Lipinski definition) is 0. The van der Waals surface area contributed by atoms with E-state index in [2.05, 4.69) is 48.5 Å². The highest BCUT2D eigenvalue weighted by atomic mass is 28.2. The Bertz CT molecular complexity index is 479. The average Bonchev–Trinajstić information content (AvgIpc) is 2.32. The number of rotatable bonds is 2. The third kappa shape index (κ3) is 2.55. The molecule has 0 spiro atoms. The summed E-state index contributed by atoms with van der Waals surface area (Å²) in [6, 6.07) is 0. The van der Waals surface area contributed by atoms with Crippen molar-refractivity contribution >= 4 is 26.1 Å². The van der Waals surface area contributed by atoms with Gasteiger partial charge in [-0.25, -0.2) is 0 Å². The lowest BCUT2D eigenvalue weighted by molar-refractivity contribution is 1.15. The highest BCUT2D eigenvalue weighted by Gasteiger charge is 2.15. The van der Waals surface area contributed by atoms with Gasteiger partial charge in [-0.1, -0.05) is 5.57 Å². The van der Waals surface area contributed by atoms with Crippen LogP contribution in [0.15, 0.2) is 5.57 Å². The van der Waals surface area contributed by atoms with Crippen molar-refractivity contribution in [3.05, 3.63) is 39.0 Å². The molecule has 100 valence electrons. The summed E-state index contributed by atoms with van der Waals surface area (Å²) in [4.78, 5) is 0. The van der Waals surface area contributed by atoms with Crippen molar-refractivity contribution in [3.8, 4) is 0 Å². The van der Waals surface area contributed by atoms with E-state index in [1.54, 1.807) is 5.57 Å². The first-order valence-corrected chi connectivity index (χ1v) is 9.25. The third-order valence-corrected chi connectivity index (χ3v) is 6.56. The third-order valence-electron chi connectivity index (χ3n) is 4.83. The van der Waals surface area contributed by atoms with Crippen molar-refractivity contribution in [3.63, 3.8) is 0 Å². The van der Waals surface area contributed by atoms with E-state index in [1.165, 1.54) is 59.4 Å². The maximum atomic E-state index is 2.34. The minimum Gasteiger partial charge on any atom is -0.0737 e. The summed E-state index contributed by atoms with van der Waals surface area (Å²) in [6.07, 6.45) is 0. The van der Waals surface area contributed by atoms with Crippen LogP contribution in [0.1, 0.15) is 47.2 Å². The van der Waals surface area contributed by atoms with Crippen LogP contribution in [-0.4, -0.2) is 20.5 Å². The SMILES string of the molecule is CC(=C(C)C([SiH3])[SiH3])c1c(C)c(C)c(C)c(C)c1C. The Morgan fingerprint density at radius 2 is 1.06 bits per heavy atom. The van der Waals surface area contributed by atoms with E-state index >= 15 is 0 Å². The summed E-state index contributed by atoms with van der Waals surface area (Å²) >= 11 is 0. The number of benzene rings is 1. The Kier molecular flexibility index (Phi) is 4.79. The Labute approximate surface area is 119 Å². The molecule has 0 nitrogen and oxygen atoms in total. The minimum absolute atomic E-state index is 0.894. The molecule has 0 aliphatic rings. The van der Waals surface area contributed by atoms with Gasteiger partial charge in [-0.2, -0.15) is 0 Å². The minimum atomic E-state index is 0.894. The molecule has 0 radical (unpaired) electrons. The molecule has 1 aromatic rings. The van der Waals surface area contributed by atoms with Crippen LogP contribution in [0.5, 0.6) is 0 Å². The Morgan fingerprint density at radius 1 is 0.722 bits per heavy atom. The first kappa shape index (κ1) is 15.5. The van der Waals surface area contributed by atoms with Gasteiger partial charge in [0.05, 0.1) is 0 Å². The molecule has 0 fully saturated rings. The van der Waals surface area contributed by atoms with Crippen LogP contribution < -0.4 is 0 Å². The fourth-order valence-electron chi connectivity index (χ4n) is 2.69. The first-order chi connectivity index (χ1) is 8.20. The summed E-state index contributed by atoms with van der Waals surface area (Å²) in [6.45, 7) is 16.0. The van der Waals surface area contributed by atoms with Crippen molar-refractivity contribution in [1.29, 1.82) is 0 Å². The highest BCUT2D eigenvalue weighted by molar-refractivity contribution is 6.37. The molecule has 2 heteroatoms. The molecule has 0 atom stereocenters. The Hall–Kier alpha value is -0.606. The lowest BCUT2D eigenvalue weighted by Gasteiger charge is -2.21. The van der Waals surface area contributed by atoms with Gasteiger partial charge in [-0.05, 0) is 92.6 Å². The average molecular weight is 277 g/mol. The predicted molar refractivity (Wildman–Crippen MR) is 92.0 cm³/mol. The van der Waals surface area contributed by atoms with Gasteiger partial charge in [-0.3, -0.25) is 0 Å². The van der Waals surface area contributed by atoms with E-state index in [1.807, 2.05) is 0 Å². The van der Waals surface area contributed by atoms with Crippen molar-refractivity contribution in [2.24, 2.45) is 0 Å². The van der Waals surface area contributed by atoms with Crippen LogP contribution in [0.4, 0.5) is 0 Å². The molecule has 0 saturated carbocycles. The molecular formula is C16H28Si2. The van der Waals surface area contributed by atoms with E-state index in [0.29, 0.717) is 0 Å².